The summed E-state index contributed by atoms with van der Waals surface area (Å²) in [4.78, 5) is 16.6. The van der Waals surface area contributed by atoms with Crippen LogP contribution in [0.5, 0.6) is 11.5 Å². The maximum Gasteiger partial charge on any atom is 0.336 e. The number of hydrogen-bond acceptors (Lipinski definition) is 4. The first-order valence-corrected chi connectivity index (χ1v) is 10.9. The van der Waals surface area contributed by atoms with Crippen LogP contribution >= 0.6 is 15.9 Å². The molecule has 0 saturated carbocycles. The number of para-hydroxylation sites is 1. The summed E-state index contributed by atoms with van der Waals surface area (Å²) in [6, 6.07) is 10.9. The Labute approximate surface area is 185 Å². The van der Waals surface area contributed by atoms with E-state index in [0.29, 0.717) is 34.7 Å². The molecule has 158 valence electrons. The Morgan fingerprint density at radius 1 is 1.17 bits per heavy atom. The topological polar surface area (TPSA) is 68.7 Å². The average Bonchev–Trinajstić information content (AvgIpc) is 2.73. The largest absolute Gasteiger partial charge is 0.493 e. The van der Waals surface area contributed by atoms with Gasteiger partial charge in [-0.15, -0.1) is 0 Å². The first kappa shape index (κ1) is 22.1. The average molecular weight is 472 g/mol. The van der Waals surface area contributed by atoms with Crippen LogP contribution < -0.4 is 9.47 Å². The van der Waals surface area contributed by atoms with Crippen molar-refractivity contribution in [2.45, 2.75) is 39.5 Å². The van der Waals surface area contributed by atoms with Crippen LogP contribution in [0.25, 0.3) is 22.2 Å². The molecule has 0 amide bonds. The van der Waals surface area contributed by atoms with Crippen LogP contribution in [0, 0.1) is 6.92 Å². The Morgan fingerprint density at radius 3 is 2.67 bits per heavy atom. The van der Waals surface area contributed by atoms with E-state index in [9.17, 15) is 9.90 Å². The molecule has 0 aliphatic rings. The third-order valence-corrected chi connectivity index (χ3v) is 5.63. The summed E-state index contributed by atoms with van der Waals surface area (Å²) in [7, 11) is 1.59. The van der Waals surface area contributed by atoms with Crippen molar-refractivity contribution < 1.29 is 19.4 Å². The Morgan fingerprint density at radius 2 is 1.97 bits per heavy atom. The highest BCUT2D eigenvalue weighted by molar-refractivity contribution is 9.10. The van der Waals surface area contributed by atoms with Crippen molar-refractivity contribution in [1.29, 1.82) is 0 Å². The number of ether oxygens (including phenoxy) is 2. The van der Waals surface area contributed by atoms with Crippen LogP contribution in [0.1, 0.15) is 48.5 Å². The predicted octanol–water partition coefficient (Wildman–Crippen LogP) is 6.64. The van der Waals surface area contributed by atoms with Gasteiger partial charge in [0.05, 0.1) is 35.0 Å². The Kier molecular flexibility index (Phi) is 7.32. The molecule has 0 fully saturated rings. The third kappa shape index (κ3) is 4.75. The van der Waals surface area contributed by atoms with E-state index in [4.69, 9.17) is 14.5 Å². The molecule has 0 aliphatic carbocycles. The van der Waals surface area contributed by atoms with Crippen molar-refractivity contribution in [3.8, 4) is 22.8 Å². The SMILES string of the molecule is CCCCCCOc1c(Br)cc(-c2cc(C(=O)O)c3cccc(C)c3n2)cc1OC. The monoisotopic (exact) mass is 471 g/mol. The number of hydrogen-bond donors (Lipinski definition) is 1. The third-order valence-electron chi connectivity index (χ3n) is 5.04. The van der Waals surface area contributed by atoms with E-state index in [0.717, 1.165) is 28.4 Å². The number of methoxy groups -OCH3 is 1. The molecule has 5 nitrogen and oxygen atoms in total. The van der Waals surface area contributed by atoms with Crippen molar-refractivity contribution in [2.75, 3.05) is 13.7 Å². The van der Waals surface area contributed by atoms with Crippen LogP contribution in [-0.2, 0) is 0 Å². The molecule has 0 spiro atoms. The fourth-order valence-electron chi connectivity index (χ4n) is 3.43. The second-order valence-electron chi connectivity index (χ2n) is 7.23. The number of benzene rings is 2. The lowest BCUT2D eigenvalue weighted by molar-refractivity contribution is 0.0699. The number of aryl methyl sites for hydroxylation is 1. The summed E-state index contributed by atoms with van der Waals surface area (Å²) in [5, 5.41) is 10.4. The standard InChI is InChI=1S/C24H26BrNO4/c1-4-5-6-7-11-30-23-19(25)12-16(13-21(23)29-3)20-14-18(24(27)28)17-10-8-9-15(2)22(17)26-20/h8-10,12-14H,4-7,11H2,1-3H3,(H,27,28). The fraction of sp³-hybridized carbons (Fsp3) is 0.333. The molecule has 3 rings (SSSR count). The minimum Gasteiger partial charge on any atom is -0.493 e. The van der Waals surface area contributed by atoms with Crippen molar-refractivity contribution in [1.82, 2.24) is 4.98 Å². The molecule has 6 heteroatoms. The van der Waals surface area contributed by atoms with E-state index in [-0.39, 0.29) is 5.56 Å². The van der Waals surface area contributed by atoms with Crippen LogP contribution in [0.4, 0.5) is 0 Å². The number of aromatic carboxylic acids is 1. The van der Waals surface area contributed by atoms with Gasteiger partial charge in [0.15, 0.2) is 11.5 Å². The minimum absolute atomic E-state index is 0.227. The summed E-state index contributed by atoms with van der Waals surface area (Å²) in [6.45, 7) is 4.72. The van der Waals surface area contributed by atoms with Gasteiger partial charge in [0.2, 0.25) is 0 Å². The number of halogens is 1. The molecule has 0 saturated heterocycles. The quantitative estimate of drug-likeness (QED) is 0.354. The van der Waals surface area contributed by atoms with Crippen molar-refractivity contribution in [3.63, 3.8) is 0 Å². The van der Waals surface area contributed by atoms with Crippen LogP contribution in [0.3, 0.4) is 0 Å². The Bertz CT molecular complexity index is 1060. The molecule has 0 bridgehead atoms. The zero-order valence-electron chi connectivity index (χ0n) is 17.5. The van der Waals surface area contributed by atoms with Gasteiger partial charge >= 0.3 is 5.97 Å². The maximum atomic E-state index is 11.9. The maximum absolute atomic E-state index is 11.9. The predicted molar refractivity (Wildman–Crippen MR) is 123 cm³/mol. The lowest BCUT2D eigenvalue weighted by atomic mass is 10.0. The molecule has 30 heavy (non-hydrogen) atoms. The van der Waals surface area contributed by atoms with E-state index < -0.39 is 5.97 Å². The van der Waals surface area contributed by atoms with Gasteiger partial charge in [-0.3, -0.25) is 0 Å². The highest BCUT2D eigenvalue weighted by Crippen LogP contribution is 2.40. The van der Waals surface area contributed by atoms with Gasteiger partial charge in [0.25, 0.3) is 0 Å². The molecule has 1 aromatic heterocycles. The van der Waals surface area contributed by atoms with Crippen LogP contribution in [-0.4, -0.2) is 29.8 Å². The number of carbonyl (C=O) groups is 1. The summed E-state index contributed by atoms with van der Waals surface area (Å²) in [5.74, 6) is 0.249. The molecule has 1 N–H and O–H groups in total. The summed E-state index contributed by atoms with van der Waals surface area (Å²) < 4.78 is 12.3. The number of nitrogens with zero attached hydrogens (tertiary/aromatic N) is 1. The first-order valence-electron chi connectivity index (χ1n) is 10.1. The summed E-state index contributed by atoms with van der Waals surface area (Å²) >= 11 is 3.58. The number of rotatable bonds is 9. The molecule has 0 atom stereocenters. The fourth-order valence-corrected chi connectivity index (χ4v) is 3.98. The van der Waals surface area contributed by atoms with E-state index in [1.807, 2.05) is 31.2 Å². The van der Waals surface area contributed by atoms with Gasteiger partial charge in [0.1, 0.15) is 0 Å². The molecule has 3 aromatic rings. The van der Waals surface area contributed by atoms with Gasteiger partial charge in [-0.2, -0.15) is 0 Å². The van der Waals surface area contributed by atoms with Gasteiger partial charge in [0, 0.05) is 10.9 Å². The van der Waals surface area contributed by atoms with E-state index >= 15 is 0 Å². The molecular weight excluding hydrogens is 446 g/mol. The Balaban J connectivity index is 2.01. The molecule has 1 heterocycles. The summed E-state index contributed by atoms with van der Waals surface area (Å²) in [6.07, 6.45) is 4.49. The zero-order chi connectivity index (χ0) is 21.7. The van der Waals surface area contributed by atoms with Gasteiger partial charge < -0.3 is 14.6 Å². The molecule has 0 radical (unpaired) electrons. The van der Waals surface area contributed by atoms with Crippen molar-refractivity contribution in [3.05, 3.63) is 52.0 Å². The van der Waals surface area contributed by atoms with Crippen LogP contribution in [0.15, 0.2) is 40.9 Å². The number of aromatic nitrogens is 1. The minimum atomic E-state index is -0.979. The zero-order valence-corrected chi connectivity index (χ0v) is 19.1. The van der Waals surface area contributed by atoms with Crippen molar-refractivity contribution >= 4 is 32.8 Å². The Hall–Kier alpha value is -2.60. The molecule has 0 unspecified atom stereocenters. The second-order valence-corrected chi connectivity index (χ2v) is 8.08. The normalized spacial score (nSPS) is 10.9. The van der Waals surface area contributed by atoms with E-state index in [1.54, 1.807) is 19.2 Å². The van der Waals surface area contributed by atoms with Gasteiger partial charge in [-0.05, 0) is 53.0 Å². The lowest BCUT2D eigenvalue weighted by Gasteiger charge is -2.15. The first-order chi connectivity index (χ1) is 14.5. The van der Waals surface area contributed by atoms with Crippen molar-refractivity contribution in [2.24, 2.45) is 0 Å². The number of pyridine rings is 1. The smallest absolute Gasteiger partial charge is 0.336 e. The number of carboxylic acid groups (broad SMARTS) is 1. The highest BCUT2D eigenvalue weighted by Gasteiger charge is 2.17. The lowest BCUT2D eigenvalue weighted by Crippen LogP contribution is -2.02. The number of carboxylic acids is 1. The van der Waals surface area contributed by atoms with E-state index in [1.165, 1.54) is 12.8 Å². The highest BCUT2D eigenvalue weighted by atomic mass is 79.9. The van der Waals surface area contributed by atoms with Gasteiger partial charge in [-0.1, -0.05) is 44.4 Å². The number of fused-ring (bicyclic) bond motifs is 1. The number of unbranched alkanes of at least 4 members (excludes halogenated alkanes) is 3. The molecular formula is C24H26BrNO4. The van der Waals surface area contributed by atoms with E-state index in [2.05, 4.69) is 22.9 Å². The second kappa shape index (κ2) is 9.94. The molecule has 0 aliphatic heterocycles. The molecule has 2 aromatic carbocycles. The summed E-state index contributed by atoms with van der Waals surface area (Å²) in [5.41, 5.74) is 3.16. The van der Waals surface area contributed by atoms with Gasteiger partial charge in [-0.25, -0.2) is 9.78 Å². The van der Waals surface area contributed by atoms with Crippen LogP contribution in [0.2, 0.25) is 0 Å².